The molecule has 4 N–H and O–H groups in total. The summed E-state index contributed by atoms with van der Waals surface area (Å²) < 4.78 is 0. The predicted molar refractivity (Wildman–Crippen MR) is 152 cm³/mol. The second-order valence-corrected chi connectivity index (χ2v) is 11.2. The first-order valence-electron chi connectivity index (χ1n) is 14.0. The molecule has 0 aliphatic heterocycles. The van der Waals surface area contributed by atoms with Crippen LogP contribution in [0.15, 0.2) is 47.6 Å². The van der Waals surface area contributed by atoms with Crippen LogP contribution in [0.4, 0.5) is 0 Å². The number of carbonyl (C=O) groups is 2. The van der Waals surface area contributed by atoms with Crippen LogP contribution in [-0.2, 0) is 16.0 Å². The van der Waals surface area contributed by atoms with Crippen molar-refractivity contribution in [3.63, 3.8) is 0 Å². The lowest BCUT2D eigenvalue weighted by atomic mass is 9.63. The molecule has 0 fully saturated rings. The monoisotopic (exact) mass is 511 g/mol. The van der Waals surface area contributed by atoms with Crippen LogP contribution in [0.5, 0.6) is 0 Å². The topological polar surface area (TPSA) is 95.7 Å². The molecule has 1 aromatic carbocycles. The van der Waals surface area contributed by atoms with Gasteiger partial charge in [-0.25, -0.2) is 0 Å². The summed E-state index contributed by atoms with van der Waals surface area (Å²) in [6.07, 6.45) is 6.38. The Hall–Kier alpha value is -2.44. The number of aryl methyl sites for hydroxylation is 1. The Bertz CT molecular complexity index is 945. The largest absolute Gasteiger partial charge is 0.391 e. The van der Waals surface area contributed by atoms with Crippen molar-refractivity contribution in [1.29, 1.82) is 0 Å². The Morgan fingerprint density at radius 2 is 1.73 bits per heavy atom. The third-order valence-electron chi connectivity index (χ3n) is 7.33. The van der Waals surface area contributed by atoms with Crippen molar-refractivity contribution in [3.8, 4) is 0 Å². The SMILES string of the molecule is CCCN(CCC)C(=O)C1=CC(C)=CC(C(N)=O)([C@@H](Cc2ccc(C)cc2)[C@H](O)CNCCC(C)C)C1. The fraction of sp³-hybridized carbons (Fsp3) is 0.613. The predicted octanol–water partition coefficient (Wildman–Crippen LogP) is 4.55. The Balaban J connectivity index is 2.45. The summed E-state index contributed by atoms with van der Waals surface area (Å²) >= 11 is 0. The Morgan fingerprint density at radius 1 is 1.11 bits per heavy atom. The number of nitrogens with two attached hydrogens (primary N) is 1. The maximum atomic E-state index is 13.6. The van der Waals surface area contributed by atoms with Crippen molar-refractivity contribution in [2.45, 2.75) is 79.8 Å². The lowest BCUT2D eigenvalue weighted by Gasteiger charge is -2.42. The molecule has 0 radical (unpaired) electrons. The van der Waals surface area contributed by atoms with E-state index in [2.05, 4.69) is 33.0 Å². The molecule has 0 spiro atoms. The van der Waals surface area contributed by atoms with Crippen molar-refractivity contribution in [1.82, 2.24) is 10.2 Å². The molecule has 2 amide bonds. The zero-order valence-corrected chi connectivity index (χ0v) is 23.8. The van der Waals surface area contributed by atoms with Crippen LogP contribution in [0.3, 0.4) is 0 Å². The van der Waals surface area contributed by atoms with E-state index < -0.39 is 23.3 Å². The molecule has 0 heterocycles. The fourth-order valence-electron chi connectivity index (χ4n) is 5.34. The molecule has 0 saturated heterocycles. The highest BCUT2D eigenvalue weighted by Crippen LogP contribution is 2.44. The molecular weight excluding hydrogens is 462 g/mol. The third-order valence-corrected chi connectivity index (χ3v) is 7.33. The minimum absolute atomic E-state index is 0.0413. The van der Waals surface area contributed by atoms with E-state index in [1.807, 2.05) is 55.2 Å². The molecule has 0 saturated carbocycles. The van der Waals surface area contributed by atoms with Crippen LogP contribution in [0.2, 0.25) is 0 Å². The van der Waals surface area contributed by atoms with E-state index in [1.165, 1.54) is 0 Å². The summed E-state index contributed by atoms with van der Waals surface area (Å²) in [5, 5.41) is 14.9. The van der Waals surface area contributed by atoms with Crippen LogP contribution in [0, 0.1) is 24.2 Å². The highest BCUT2D eigenvalue weighted by molar-refractivity contribution is 5.96. The number of rotatable bonds is 15. The first-order chi connectivity index (χ1) is 17.5. The first kappa shape index (κ1) is 30.8. The number of nitrogens with zero attached hydrogens (tertiary/aromatic N) is 1. The van der Waals surface area contributed by atoms with Gasteiger partial charge in [-0.3, -0.25) is 9.59 Å². The number of amides is 2. The molecule has 37 heavy (non-hydrogen) atoms. The quantitative estimate of drug-likeness (QED) is 0.301. The zero-order valence-electron chi connectivity index (χ0n) is 23.8. The van der Waals surface area contributed by atoms with Crippen LogP contribution in [-0.4, -0.2) is 54.1 Å². The molecular formula is C31H49N3O3. The van der Waals surface area contributed by atoms with Gasteiger partial charge in [0, 0.05) is 31.1 Å². The molecule has 1 aromatic rings. The van der Waals surface area contributed by atoms with Crippen molar-refractivity contribution in [2.75, 3.05) is 26.2 Å². The third kappa shape index (κ3) is 8.54. The summed E-state index contributed by atoms with van der Waals surface area (Å²) in [4.78, 5) is 28.8. The maximum absolute atomic E-state index is 13.6. The number of benzene rings is 1. The Morgan fingerprint density at radius 3 is 2.27 bits per heavy atom. The second kappa shape index (κ2) is 14.5. The maximum Gasteiger partial charge on any atom is 0.249 e. The second-order valence-electron chi connectivity index (χ2n) is 11.2. The van der Waals surface area contributed by atoms with E-state index in [4.69, 9.17) is 5.73 Å². The van der Waals surface area contributed by atoms with Gasteiger partial charge in [0.25, 0.3) is 0 Å². The average Bonchev–Trinajstić information content (AvgIpc) is 2.84. The van der Waals surface area contributed by atoms with Gasteiger partial charge < -0.3 is 21.1 Å². The van der Waals surface area contributed by atoms with Gasteiger partial charge in [0.1, 0.15) is 0 Å². The Labute approximate surface area is 224 Å². The molecule has 0 bridgehead atoms. The molecule has 0 aromatic heterocycles. The van der Waals surface area contributed by atoms with E-state index in [1.54, 1.807) is 0 Å². The number of aliphatic hydroxyl groups excluding tert-OH is 1. The molecule has 206 valence electrons. The highest BCUT2D eigenvalue weighted by atomic mass is 16.3. The number of aliphatic hydroxyl groups is 1. The molecule has 3 atom stereocenters. The van der Waals surface area contributed by atoms with Gasteiger partial charge in [0.15, 0.2) is 0 Å². The molecule has 2 rings (SSSR count). The molecule has 1 unspecified atom stereocenters. The van der Waals surface area contributed by atoms with Crippen LogP contribution >= 0.6 is 0 Å². The van der Waals surface area contributed by atoms with E-state index in [0.29, 0.717) is 37.5 Å². The lowest BCUT2D eigenvalue weighted by Crippen LogP contribution is -2.52. The minimum atomic E-state index is -1.17. The van der Waals surface area contributed by atoms with Crippen molar-refractivity contribution in [3.05, 3.63) is 58.7 Å². The van der Waals surface area contributed by atoms with Crippen molar-refractivity contribution in [2.24, 2.45) is 23.0 Å². The van der Waals surface area contributed by atoms with E-state index in [9.17, 15) is 14.7 Å². The van der Waals surface area contributed by atoms with Crippen LogP contribution < -0.4 is 11.1 Å². The number of allylic oxidation sites excluding steroid dienone is 2. The molecule has 6 nitrogen and oxygen atoms in total. The number of carbonyl (C=O) groups excluding carboxylic acids is 2. The number of primary amides is 1. The Kier molecular flexibility index (Phi) is 12.1. The van der Waals surface area contributed by atoms with Gasteiger partial charge in [-0.05, 0) is 64.0 Å². The summed E-state index contributed by atoms with van der Waals surface area (Å²) in [7, 11) is 0. The van der Waals surface area contributed by atoms with Gasteiger partial charge in [0.2, 0.25) is 11.8 Å². The summed E-state index contributed by atoms with van der Waals surface area (Å²) in [5.74, 6) is -0.472. The van der Waals surface area contributed by atoms with E-state index >= 15 is 0 Å². The standard InChI is InChI=1S/C31H49N3O3/c1-7-15-34(16-8-2)29(36)26-17-24(6)19-31(20-26,30(32)37)27(18-25-11-9-23(5)10-12-25)28(35)21-33-14-13-22(3)4/h9-12,17,19,22,27-28,33,35H,7-8,13-16,18,20-21H2,1-6H3,(H2,32,37)/t27-,28+,31?/m0/s1. The normalized spacial score (nSPS) is 19.2. The average molecular weight is 512 g/mol. The number of hydrogen-bond acceptors (Lipinski definition) is 4. The molecule has 6 heteroatoms. The molecule has 1 aliphatic rings. The number of hydrogen-bond donors (Lipinski definition) is 3. The van der Waals surface area contributed by atoms with Gasteiger partial charge in [-0.1, -0.05) is 75.2 Å². The fourth-order valence-corrected chi connectivity index (χ4v) is 5.34. The summed E-state index contributed by atoms with van der Waals surface area (Å²) in [6.45, 7) is 14.9. The van der Waals surface area contributed by atoms with Crippen molar-refractivity contribution < 1.29 is 14.7 Å². The zero-order chi connectivity index (χ0) is 27.6. The van der Waals surface area contributed by atoms with E-state index in [-0.39, 0.29) is 12.3 Å². The van der Waals surface area contributed by atoms with Gasteiger partial charge in [0.05, 0.1) is 11.5 Å². The van der Waals surface area contributed by atoms with Gasteiger partial charge in [-0.15, -0.1) is 0 Å². The van der Waals surface area contributed by atoms with Crippen LogP contribution in [0.25, 0.3) is 0 Å². The van der Waals surface area contributed by atoms with Crippen LogP contribution in [0.1, 0.15) is 71.4 Å². The summed E-state index contributed by atoms with van der Waals surface area (Å²) in [6, 6.07) is 8.17. The van der Waals surface area contributed by atoms with Crippen molar-refractivity contribution >= 4 is 11.8 Å². The molecule has 1 aliphatic carbocycles. The number of nitrogens with one attached hydrogen (secondary N) is 1. The first-order valence-corrected chi connectivity index (χ1v) is 14.0. The van der Waals surface area contributed by atoms with E-state index in [0.717, 1.165) is 42.5 Å². The van der Waals surface area contributed by atoms with Gasteiger partial charge >= 0.3 is 0 Å². The van der Waals surface area contributed by atoms with Gasteiger partial charge in [-0.2, -0.15) is 0 Å². The lowest BCUT2D eigenvalue weighted by molar-refractivity contribution is -0.132. The smallest absolute Gasteiger partial charge is 0.249 e. The highest BCUT2D eigenvalue weighted by Gasteiger charge is 2.48. The summed E-state index contributed by atoms with van der Waals surface area (Å²) in [5.41, 5.74) is 8.60. The minimum Gasteiger partial charge on any atom is -0.391 e.